The molecule has 16 heavy (non-hydrogen) atoms. The molecule has 1 aliphatic heterocycles. The van der Waals surface area contributed by atoms with Crippen molar-refractivity contribution in [1.82, 2.24) is 9.97 Å². The largest absolute Gasteiger partial charge is 0.388 e. The van der Waals surface area contributed by atoms with Crippen LogP contribution in [0.15, 0.2) is 12.4 Å². The monoisotopic (exact) mass is 223 g/mol. The van der Waals surface area contributed by atoms with Crippen LogP contribution < -0.4 is 16.2 Å². The molecule has 1 fully saturated rings. The standard InChI is InChI=1S/C10H17N5O/c1-10(16)3-2-4-15(6-10)9-5-8(14-11)12-7-13-9/h5,7,16H,2-4,6,11H2,1H3,(H,12,13,14). The molecule has 1 unspecified atom stereocenters. The Morgan fingerprint density at radius 1 is 1.56 bits per heavy atom. The van der Waals surface area contributed by atoms with Crippen LogP contribution in [0.2, 0.25) is 0 Å². The van der Waals surface area contributed by atoms with E-state index in [4.69, 9.17) is 5.84 Å². The van der Waals surface area contributed by atoms with Crippen LogP contribution in [-0.4, -0.2) is 33.8 Å². The molecule has 0 saturated carbocycles. The van der Waals surface area contributed by atoms with Gasteiger partial charge in [0.2, 0.25) is 0 Å². The van der Waals surface area contributed by atoms with Crippen molar-refractivity contribution >= 4 is 11.6 Å². The van der Waals surface area contributed by atoms with Gasteiger partial charge in [-0.15, -0.1) is 0 Å². The van der Waals surface area contributed by atoms with Gasteiger partial charge in [0, 0.05) is 19.2 Å². The van der Waals surface area contributed by atoms with E-state index in [1.165, 1.54) is 6.33 Å². The quantitative estimate of drug-likeness (QED) is 0.487. The summed E-state index contributed by atoms with van der Waals surface area (Å²) < 4.78 is 0. The molecule has 0 spiro atoms. The summed E-state index contributed by atoms with van der Waals surface area (Å²) in [5, 5.41) is 10.0. The molecule has 2 rings (SSSR count). The predicted molar refractivity (Wildman–Crippen MR) is 61.9 cm³/mol. The van der Waals surface area contributed by atoms with Gasteiger partial charge in [0.15, 0.2) is 0 Å². The summed E-state index contributed by atoms with van der Waals surface area (Å²) >= 11 is 0. The lowest BCUT2D eigenvalue weighted by Crippen LogP contribution is -2.46. The SMILES string of the molecule is CC1(O)CCCN(c2cc(NN)ncn2)C1. The Morgan fingerprint density at radius 2 is 2.38 bits per heavy atom. The van der Waals surface area contributed by atoms with E-state index in [2.05, 4.69) is 15.4 Å². The van der Waals surface area contributed by atoms with Crippen molar-refractivity contribution in [3.63, 3.8) is 0 Å². The van der Waals surface area contributed by atoms with E-state index >= 15 is 0 Å². The zero-order valence-electron chi connectivity index (χ0n) is 9.35. The maximum Gasteiger partial charge on any atom is 0.145 e. The van der Waals surface area contributed by atoms with Crippen LogP contribution >= 0.6 is 0 Å². The average molecular weight is 223 g/mol. The molecule has 6 nitrogen and oxygen atoms in total. The second-order valence-corrected chi connectivity index (χ2v) is 4.43. The van der Waals surface area contributed by atoms with Gasteiger partial charge >= 0.3 is 0 Å². The predicted octanol–water partition coefficient (Wildman–Crippen LogP) is 0.113. The fourth-order valence-corrected chi connectivity index (χ4v) is 2.01. The third-order valence-electron chi connectivity index (χ3n) is 2.80. The van der Waals surface area contributed by atoms with Gasteiger partial charge in [-0.05, 0) is 19.8 Å². The van der Waals surface area contributed by atoms with Crippen LogP contribution in [0.1, 0.15) is 19.8 Å². The van der Waals surface area contributed by atoms with Crippen molar-refractivity contribution in [2.24, 2.45) is 5.84 Å². The van der Waals surface area contributed by atoms with E-state index in [1.807, 2.05) is 11.8 Å². The molecular formula is C10H17N5O. The first kappa shape index (κ1) is 11.1. The smallest absolute Gasteiger partial charge is 0.145 e. The lowest BCUT2D eigenvalue weighted by molar-refractivity contribution is 0.0447. The summed E-state index contributed by atoms with van der Waals surface area (Å²) in [6.45, 7) is 3.34. The van der Waals surface area contributed by atoms with Gasteiger partial charge in [0.05, 0.1) is 5.60 Å². The summed E-state index contributed by atoms with van der Waals surface area (Å²) in [6.07, 6.45) is 3.26. The molecule has 1 aromatic rings. The van der Waals surface area contributed by atoms with Crippen LogP contribution in [0.5, 0.6) is 0 Å². The number of anilines is 2. The Labute approximate surface area is 94.5 Å². The van der Waals surface area contributed by atoms with Gasteiger partial charge in [-0.2, -0.15) is 0 Å². The van der Waals surface area contributed by atoms with Crippen molar-refractivity contribution in [1.29, 1.82) is 0 Å². The van der Waals surface area contributed by atoms with Crippen LogP contribution in [0, 0.1) is 0 Å². The summed E-state index contributed by atoms with van der Waals surface area (Å²) in [7, 11) is 0. The van der Waals surface area contributed by atoms with E-state index < -0.39 is 5.60 Å². The molecule has 0 radical (unpaired) electrons. The van der Waals surface area contributed by atoms with Crippen LogP contribution in [0.3, 0.4) is 0 Å². The maximum atomic E-state index is 10.0. The van der Waals surface area contributed by atoms with Gasteiger partial charge in [0.25, 0.3) is 0 Å². The Bertz CT molecular complexity index is 368. The highest BCUT2D eigenvalue weighted by molar-refractivity contribution is 5.48. The topological polar surface area (TPSA) is 87.3 Å². The van der Waals surface area contributed by atoms with Gasteiger partial charge in [0.1, 0.15) is 18.0 Å². The summed E-state index contributed by atoms with van der Waals surface area (Å²) in [5.41, 5.74) is 1.85. The van der Waals surface area contributed by atoms with Crippen LogP contribution in [0.25, 0.3) is 0 Å². The first-order valence-corrected chi connectivity index (χ1v) is 5.37. The second kappa shape index (κ2) is 4.23. The number of aromatic nitrogens is 2. The van der Waals surface area contributed by atoms with Gasteiger partial charge in [-0.25, -0.2) is 15.8 Å². The molecule has 0 bridgehead atoms. The minimum atomic E-state index is -0.639. The molecule has 6 heteroatoms. The van der Waals surface area contributed by atoms with E-state index in [-0.39, 0.29) is 0 Å². The second-order valence-electron chi connectivity index (χ2n) is 4.43. The molecule has 1 aromatic heterocycles. The highest BCUT2D eigenvalue weighted by Crippen LogP contribution is 2.24. The minimum absolute atomic E-state index is 0.579. The molecule has 2 heterocycles. The van der Waals surface area contributed by atoms with Crippen molar-refractivity contribution < 1.29 is 5.11 Å². The Kier molecular flexibility index (Phi) is 2.93. The molecule has 1 atom stereocenters. The number of nitrogens with one attached hydrogen (secondary N) is 1. The first-order chi connectivity index (χ1) is 7.61. The number of nitrogens with two attached hydrogens (primary N) is 1. The zero-order valence-corrected chi connectivity index (χ0v) is 9.35. The number of nitrogen functional groups attached to an aromatic ring is 1. The fourth-order valence-electron chi connectivity index (χ4n) is 2.01. The van der Waals surface area contributed by atoms with Crippen molar-refractivity contribution in [3.05, 3.63) is 12.4 Å². The van der Waals surface area contributed by atoms with E-state index in [0.29, 0.717) is 12.4 Å². The van der Waals surface area contributed by atoms with E-state index in [1.54, 1.807) is 6.07 Å². The highest BCUT2D eigenvalue weighted by atomic mass is 16.3. The third-order valence-corrected chi connectivity index (χ3v) is 2.80. The number of β-amino-alcohol motifs (C(OH)–C–C–N with tert-alkyl or cyclic N) is 1. The number of aliphatic hydroxyl groups is 1. The maximum absolute atomic E-state index is 10.0. The van der Waals surface area contributed by atoms with Crippen LogP contribution in [0.4, 0.5) is 11.6 Å². The Hall–Kier alpha value is -1.40. The van der Waals surface area contributed by atoms with Gasteiger partial charge in [-0.1, -0.05) is 0 Å². The highest BCUT2D eigenvalue weighted by Gasteiger charge is 2.29. The number of hydrogen-bond donors (Lipinski definition) is 3. The summed E-state index contributed by atoms with van der Waals surface area (Å²) in [5.74, 6) is 6.67. The average Bonchev–Trinajstić information content (AvgIpc) is 2.28. The van der Waals surface area contributed by atoms with Gasteiger partial charge in [-0.3, -0.25) is 0 Å². The molecular weight excluding hydrogens is 206 g/mol. The Morgan fingerprint density at radius 3 is 3.06 bits per heavy atom. The lowest BCUT2D eigenvalue weighted by atomic mass is 9.95. The molecule has 88 valence electrons. The number of rotatable bonds is 2. The Balaban J connectivity index is 2.16. The molecule has 4 N–H and O–H groups in total. The molecule has 0 aliphatic carbocycles. The normalized spacial score (nSPS) is 25.6. The van der Waals surface area contributed by atoms with Crippen molar-refractivity contribution in [2.45, 2.75) is 25.4 Å². The molecule has 1 aliphatic rings. The van der Waals surface area contributed by atoms with Crippen LogP contribution in [-0.2, 0) is 0 Å². The van der Waals surface area contributed by atoms with E-state index in [9.17, 15) is 5.11 Å². The number of hydrazine groups is 1. The third kappa shape index (κ3) is 2.40. The summed E-state index contributed by atoms with van der Waals surface area (Å²) in [6, 6.07) is 1.78. The summed E-state index contributed by atoms with van der Waals surface area (Å²) in [4.78, 5) is 10.2. The number of hydrogen-bond acceptors (Lipinski definition) is 6. The lowest BCUT2D eigenvalue weighted by Gasteiger charge is -2.37. The number of nitrogens with zero attached hydrogens (tertiary/aromatic N) is 3. The fraction of sp³-hybridized carbons (Fsp3) is 0.600. The zero-order chi connectivity index (χ0) is 11.6. The minimum Gasteiger partial charge on any atom is -0.388 e. The van der Waals surface area contributed by atoms with Crippen molar-refractivity contribution in [2.75, 3.05) is 23.4 Å². The molecule has 0 aromatic carbocycles. The van der Waals surface area contributed by atoms with Gasteiger partial charge < -0.3 is 15.4 Å². The van der Waals surface area contributed by atoms with Crippen molar-refractivity contribution in [3.8, 4) is 0 Å². The number of piperidine rings is 1. The molecule has 0 amide bonds. The molecule has 1 saturated heterocycles. The first-order valence-electron chi connectivity index (χ1n) is 5.37. The van der Waals surface area contributed by atoms with E-state index in [0.717, 1.165) is 25.2 Å².